The molecule has 5 heteroatoms. The normalized spacial score (nSPS) is 15.7. The lowest BCUT2D eigenvalue weighted by molar-refractivity contribution is 0.0929. The molecule has 0 spiro atoms. The highest BCUT2D eigenvalue weighted by atomic mass is 16.6. The fourth-order valence-corrected chi connectivity index (χ4v) is 1.27. The Bertz CT molecular complexity index is 288. The van der Waals surface area contributed by atoms with Crippen LogP contribution in [0.25, 0.3) is 0 Å². The summed E-state index contributed by atoms with van der Waals surface area (Å²) in [5, 5.41) is 8.62. The van der Waals surface area contributed by atoms with Crippen LogP contribution in [0.4, 0.5) is 4.79 Å². The zero-order valence-corrected chi connectivity index (χ0v) is 8.90. The highest BCUT2D eigenvalue weighted by Gasteiger charge is 2.21. The van der Waals surface area contributed by atoms with E-state index in [2.05, 4.69) is 12.8 Å². The molecule has 1 heterocycles. The molecule has 0 aromatic rings. The standard InChI is InChI=1S/C10H15N3O2/c1-9(2)7-15-10(14)13-5-3-12(8-11)4-6-13/h1,3-7H2,2H3. The van der Waals surface area contributed by atoms with Crippen LogP contribution >= 0.6 is 0 Å². The number of nitrogens with zero attached hydrogens (tertiary/aromatic N) is 3. The Hall–Kier alpha value is -1.70. The Morgan fingerprint density at radius 3 is 2.53 bits per heavy atom. The molecule has 1 aliphatic heterocycles. The van der Waals surface area contributed by atoms with E-state index in [1.54, 1.807) is 16.7 Å². The van der Waals surface area contributed by atoms with Crippen LogP contribution in [0.5, 0.6) is 0 Å². The van der Waals surface area contributed by atoms with Crippen molar-refractivity contribution in [3.8, 4) is 6.19 Å². The Balaban J connectivity index is 2.30. The Morgan fingerprint density at radius 1 is 1.47 bits per heavy atom. The van der Waals surface area contributed by atoms with Crippen LogP contribution in [0.2, 0.25) is 0 Å². The van der Waals surface area contributed by atoms with Crippen LogP contribution in [0.1, 0.15) is 6.92 Å². The summed E-state index contributed by atoms with van der Waals surface area (Å²) in [6.45, 7) is 7.97. The number of hydrogen-bond donors (Lipinski definition) is 0. The minimum Gasteiger partial charge on any atom is -0.445 e. The second kappa shape index (κ2) is 5.25. The highest BCUT2D eigenvalue weighted by Crippen LogP contribution is 2.03. The van der Waals surface area contributed by atoms with Gasteiger partial charge in [-0.2, -0.15) is 5.26 Å². The van der Waals surface area contributed by atoms with Gasteiger partial charge < -0.3 is 14.5 Å². The highest BCUT2D eigenvalue weighted by molar-refractivity contribution is 5.67. The third-order valence-corrected chi connectivity index (χ3v) is 2.12. The first-order chi connectivity index (χ1) is 7.13. The summed E-state index contributed by atoms with van der Waals surface area (Å²) in [6, 6.07) is 0. The summed E-state index contributed by atoms with van der Waals surface area (Å²) in [4.78, 5) is 14.7. The maximum absolute atomic E-state index is 11.5. The van der Waals surface area contributed by atoms with E-state index in [1.165, 1.54) is 0 Å². The average molecular weight is 209 g/mol. The van der Waals surface area contributed by atoms with Crippen LogP contribution < -0.4 is 0 Å². The third-order valence-electron chi connectivity index (χ3n) is 2.12. The summed E-state index contributed by atoms with van der Waals surface area (Å²) in [5.74, 6) is 0. The van der Waals surface area contributed by atoms with Crippen LogP contribution in [0, 0.1) is 11.5 Å². The lowest BCUT2D eigenvalue weighted by Crippen LogP contribution is -2.47. The molecular formula is C10H15N3O2. The van der Waals surface area contributed by atoms with Crippen LogP contribution in [-0.4, -0.2) is 48.7 Å². The van der Waals surface area contributed by atoms with Crippen LogP contribution in [-0.2, 0) is 4.74 Å². The number of amides is 1. The zero-order chi connectivity index (χ0) is 11.3. The molecule has 0 radical (unpaired) electrons. The molecule has 0 atom stereocenters. The van der Waals surface area contributed by atoms with E-state index in [4.69, 9.17) is 10.00 Å². The maximum atomic E-state index is 11.5. The van der Waals surface area contributed by atoms with Crippen molar-refractivity contribution in [1.29, 1.82) is 5.26 Å². The third kappa shape index (κ3) is 3.50. The molecule has 1 amide bonds. The molecule has 1 saturated heterocycles. The second-order valence-corrected chi connectivity index (χ2v) is 3.59. The minimum atomic E-state index is -0.324. The number of piperazine rings is 1. The van der Waals surface area contributed by atoms with Gasteiger partial charge in [0.15, 0.2) is 6.19 Å². The van der Waals surface area contributed by atoms with Crippen molar-refractivity contribution in [1.82, 2.24) is 9.80 Å². The summed E-state index contributed by atoms with van der Waals surface area (Å²) >= 11 is 0. The van der Waals surface area contributed by atoms with Gasteiger partial charge in [-0.1, -0.05) is 6.58 Å². The Labute approximate surface area is 89.5 Å². The van der Waals surface area contributed by atoms with E-state index in [-0.39, 0.29) is 12.7 Å². The van der Waals surface area contributed by atoms with Crippen LogP contribution in [0.3, 0.4) is 0 Å². The van der Waals surface area contributed by atoms with Gasteiger partial charge in [0.25, 0.3) is 0 Å². The fraction of sp³-hybridized carbons (Fsp3) is 0.600. The fourth-order valence-electron chi connectivity index (χ4n) is 1.27. The lowest BCUT2D eigenvalue weighted by Gasteiger charge is -2.30. The van der Waals surface area contributed by atoms with Crippen LogP contribution in [0.15, 0.2) is 12.2 Å². The molecule has 1 fully saturated rings. The van der Waals surface area contributed by atoms with Gasteiger partial charge in [0.2, 0.25) is 0 Å². The SMILES string of the molecule is C=C(C)COC(=O)N1CCN(C#N)CC1. The summed E-state index contributed by atoms with van der Waals surface area (Å²) < 4.78 is 5.00. The first kappa shape index (κ1) is 11.4. The molecule has 0 bridgehead atoms. The van der Waals surface area contributed by atoms with E-state index in [1.807, 2.05) is 0 Å². The molecule has 1 rings (SSSR count). The Kier molecular flexibility index (Phi) is 3.98. The molecule has 0 unspecified atom stereocenters. The average Bonchev–Trinajstić information content (AvgIpc) is 2.26. The molecule has 1 aliphatic rings. The van der Waals surface area contributed by atoms with Crippen molar-refractivity contribution in [3.63, 3.8) is 0 Å². The van der Waals surface area contributed by atoms with Gasteiger partial charge in [-0.3, -0.25) is 0 Å². The molecule has 15 heavy (non-hydrogen) atoms. The van der Waals surface area contributed by atoms with Gasteiger partial charge in [-0.25, -0.2) is 4.79 Å². The van der Waals surface area contributed by atoms with Crippen molar-refractivity contribution in [2.75, 3.05) is 32.8 Å². The number of ether oxygens (including phenoxy) is 1. The molecule has 0 N–H and O–H groups in total. The van der Waals surface area contributed by atoms with Gasteiger partial charge in [0, 0.05) is 26.2 Å². The van der Waals surface area contributed by atoms with Gasteiger partial charge in [0.05, 0.1) is 0 Å². The smallest absolute Gasteiger partial charge is 0.410 e. The number of hydrogen-bond acceptors (Lipinski definition) is 4. The number of nitriles is 1. The monoisotopic (exact) mass is 209 g/mol. The summed E-state index contributed by atoms with van der Waals surface area (Å²) in [7, 11) is 0. The van der Waals surface area contributed by atoms with Gasteiger partial charge >= 0.3 is 6.09 Å². The van der Waals surface area contributed by atoms with Crippen molar-refractivity contribution in [2.24, 2.45) is 0 Å². The van der Waals surface area contributed by atoms with Gasteiger partial charge in [0.1, 0.15) is 6.61 Å². The van der Waals surface area contributed by atoms with Crippen molar-refractivity contribution in [2.45, 2.75) is 6.92 Å². The van der Waals surface area contributed by atoms with Gasteiger partial charge in [-0.05, 0) is 12.5 Å². The molecule has 0 aliphatic carbocycles. The predicted molar refractivity (Wildman–Crippen MR) is 54.9 cm³/mol. The van der Waals surface area contributed by atoms with Gasteiger partial charge in [-0.15, -0.1) is 0 Å². The van der Waals surface area contributed by atoms with Crippen molar-refractivity contribution in [3.05, 3.63) is 12.2 Å². The van der Waals surface area contributed by atoms with Crippen molar-refractivity contribution < 1.29 is 9.53 Å². The molecule has 0 saturated carbocycles. The molecule has 0 aromatic heterocycles. The molecule has 0 aromatic carbocycles. The predicted octanol–water partition coefficient (Wildman–Crippen LogP) is 0.798. The van der Waals surface area contributed by atoms with E-state index >= 15 is 0 Å². The van der Waals surface area contributed by atoms with Crippen molar-refractivity contribution >= 4 is 6.09 Å². The van der Waals surface area contributed by atoms with E-state index < -0.39 is 0 Å². The summed E-state index contributed by atoms with van der Waals surface area (Å²) in [6.07, 6.45) is 1.73. The number of carbonyl (C=O) groups is 1. The minimum absolute atomic E-state index is 0.261. The Morgan fingerprint density at radius 2 is 2.07 bits per heavy atom. The topological polar surface area (TPSA) is 56.6 Å². The first-order valence-corrected chi connectivity index (χ1v) is 4.84. The first-order valence-electron chi connectivity index (χ1n) is 4.84. The van der Waals surface area contributed by atoms with E-state index in [9.17, 15) is 4.79 Å². The molecular weight excluding hydrogens is 194 g/mol. The molecule has 82 valence electrons. The second-order valence-electron chi connectivity index (χ2n) is 3.59. The maximum Gasteiger partial charge on any atom is 0.410 e. The molecule has 5 nitrogen and oxygen atoms in total. The van der Waals surface area contributed by atoms with E-state index in [0.717, 1.165) is 5.57 Å². The number of rotatable bonds is 2. The number of carbonyl (C=O) groups excluding carboxylic acids is 1. The largest absolute Gasteiger partial charge is 0.445 e. The zero-order valence-electron chi connectivity index (χ0n) is 8.90. The quantitative estimate of drug-likeness (QED) is 0.498. The summed E-state index contributed by atoms with van der Waals surface area (Å²) in [5.41, 5.74) is 0.819. The lowest BCUT2D eigenvalue weighted by atomic mass is 10.3. The van der Waals surface area contributed by atoms with E-state index in [0.29, 0.717) is 26.2 Å².